The lowest BCUT2D eigenvalue weighted by Crippen LogP contribution is -2.45. The molecule has 0 fully saturated rings. The molecule has 1 aromatic heterocycles. The van der Waals surface area contributed by atoms with Crippen molar-refractivity contribution in [2.24, 2.45) is 5.73 Å². The topological polar surface area (TPSA) is 117 Å². The van der Waals surface area contributed by atoms with Crippen LogP contribution >= 0.6 is 0 Å². The van der Waals surface area contributed by atoms with Gasteiger partial charge in [-0.3, -0.25) is 14.6 Å². The van der Waals surface area contributed by atoms with Crippen LogP contribution in [-0.2, 0) is 24.3 Å². The maximum Gasteiger partial charge on any atom is 0.322 e. The summed E-state index contributed by atoms with van der Waals surface area (Å²) >= 11 is 0. The van der Waals surface area contributed by atoms with E-state index in [1.807, 2.05) is 42.5 Å². The van der Waals surface area contributed by atoms with Crippen LogP contribution in [0.3, 0.4) is 0 Å². The SMILES string of the molecule is NC(=O)[C@H](Cc1ccccc1)NC(=O)c1ccc(NC(=O)N2Cc3cccnc3C2)cc1. The molecule has 0 radical (unpaired) electrons. The van der Waals surface area contributed by atoms with Gasteiger partial charge in [-0.1, -0.05) is 36.4 Å². The van der Waals surface area contributed by atoms with Gasteiger partial charge in [-0.25, -0.2) is 4.79 Å². The molecule has 162 valence electrons. The van der Waals surface area contributed by atoms with Gasteiger partial charge in [0.1, 0.15) is 6.04 Å². The number of pyridine rings is 1. The van der Waals surface area contributed by atoms with E-state index in [0.717, 1.165) is 16.8 Å². The van der Waals surface area contributed by atoms with Gasteiger partial charge >= 0.3 is 6.03 Å². The third-order valence-electron chi connectivity index (χ3n) is 5.30. The molecule has 3 aromatic rings. The predicted octanol–water partition coefficient (Wildman–Crippen LogP) is 2.46. The molecule has 0 aliphatic carbocycles. The van der Waals surface area contributed by atoms with Crippen LogP contribution in [0.15, 0.2) is 72.9 Å². The van der Waals surface area contributed by atoms with Crippen LogP contribution in [0.25, 0.3) is 0 Å². The van der Waals surface area contributed by atoms with Gasteiger partial charge in [0, 0.05) is 30.4 Å². The largest absolute Gasteiger partial charge is 0.368 e. The van der Waals surface area contributed by atoms with E-state index in [-0.39, 0.29) is 6.03 Å². The Bertz CT molecular complexity index is 1110. The van der Waals surface area contributed by atoms with Crippen molar-refractivity contribution in [3.05, 3.63) is 95.3 Å². The maximum atomic E-state index is 12.6. The van der Waals surface area contributed by atoms with Crippen molar-refractivity contribution < 1.29 is 14.4 Å². The number of aromatic nitrogens is 1. The van der Waals surface area contributed by atoms with Crippen molar-refractivity contribution in [2.75, 3.05) is 5.32 Å². The summed E-state index contributed by atoms with van der Waals surface area (Å²) in [5.41, 5.74) is 9.22. The lowest BCUT2D eigenvalue weighted by atomic mass is 10.0. The molecule has 2 heterocycles. The Hall–Kier alpha value is -4.20. The quantitative estimate of drug-likeness (QED) is 0.558. The number of primary amides is 1. The third kappa shape index (κ3) is 4.92. The van der Waals surface area contributed by atoms with E-state index < -0.39 is 17.9 Å². The summed E-state index contributed by atoms with van der Waals surface area (Å²) in [5, 5.41) is 5.51. The zero-order valence-corrected chi connectivity index (χ0v) is 17.3. The molecule has 4 rings (SSSR count). The molecule has 0 bridgehead atoms. The standard InChI is InChI=1S/C24H23N5O3/c25-22(30)20(13-16-5-2-1-3-6-16)28-23(31)17-8-10-19(11-9-17)27-24(32)29-14-18-7-4-12-26-21(18)15-29/h1-12,20H,13-15H2,(H2,25,30)(H,27,32)(H,28,31)/t20-/m0/s1. The maximum absolute atomic E-state index is 12.6. The molecule has 4 N–H and O–H groups in total. The van der Waals surface area contributed by atoms with Gasteiger partial charge in [-0.2, -0.15) is 0 Å². The molecule has 2 aromatic carbocycles. The second-order valence-corrected chi connectivity index (χ2v) is 7.59. The molecule has 8 nitrogen and oxygen atoms in total. The van der Waals surface area contributed by atoms with Gasteiger partial charge in [0.15, 0.2) is 0 Å². The monoisotopic (exact) mass is 429 g/mol. The zero-order valence-electron chi connectivity index (χ0n) is 17.3. The van der Waals surface area contributed by atoms with Crippen LogP contribution < -0.4 is 16.4 Å². The van der Waals surface area contributed by atoms with E-state index in [2.05, 4.69) is 15.6 Å². The summed E-state index contributed by atoms with van der Waals surface area (Å²) in [7, 11) is 0. The number of urea groups is 1. The van der Waals surface area contributed by atoms with Crippen LogP contribution in [0, 0.1) is 0 Å². The fourth-order valence-electron chi connectivity index (χ4n) is 3.57. The number of amides is 4. The Labute approximate surface area is 185 Å². The number of nitrogens with zero attached hydrogens (tertiary/aromatic N) is 2. The summed E-state index contributed by atoms with van der Waals surface area (Å²) in [4.78, 5) is 42.9. The average Bonchev–Trinajstić information content (AvgIpc) is 3.24. The van der Waals surface area contributed by atoms with Crippen LogP contribution in [0.5, 0.6) is 0 Å². The minimum Gasteiger partial charge on any atom is -0.368 e. The van der Waals surface area contributed by atoms with Crippen LogP contribution in [0.2, 0.25) is 0 Å². The average molecular weight is 429 g/mol. The van der Waals surface area contributed by atoms with Crippen molar-refractivity contribution in [2.45, 2.75) is 25.6 Å². The minimum absolute atomic E-state index is 0.239. The summed E-state index contributed by atoms with van der Waals surface area (Å²) in [6.45, 7) is 0.962. The fraction of sp³-hybridized carbons (Fsp3) is 0.167. The van der Waals surface area contributed by atoms with E-state index in [4.69, 9.17) is 5.73 Å². The summed E-state index contributed by atoms with van der Waals surface area (Å²) in [6.07, 6.45) is 2.02. The highest BCUT2D eigenvalue weighted by Crippen LogP contribution is 2.21. The van der Waals surface area contributed by atoms with E-state index in [0.29, 0.717) is 30.8 Å². The number of benzene rings is 2. The highest BCUT2D eigenvalue weighted by molar-refractivity contribution is 5.98. The van der Waals surface area contributed by atoms with Gasteiger partial charge in [-0.15, -0.1) is 0 Å². The first kappa shape index (κ1) is 21.0. The molecule has 1 aliphatic heterocycles. The Morgan fingerprint density at radius 2 is 1.72 bits per heavy atom. The minimum atomic E-state index is -0.824. The Balaban J connectivity index is 1.35. The normalized spacial score (nSPS) is 13.2. The predicted molar refractivity (Wildman–Crippen MR) is 120 cm³/mol. The van der Waals surface area contributed by atoms with Crippen LogP contribution in [-0.4, -0.2) is 33.8 Å². The number of anilines is 1. The summed E-state index contributed by atoms with van der Waals surface area (Å²) in [5.74, 6) is -1.02. The van der Waals surface area contributed by atoms with E-state index >= 15 is 0 Å². The molecule has 0 spiro atoms. The van der Waals surface area contributed by atoms with Crippen molar-refractivity contribution in [1.29, 1.82) is 0 Å². The molecular formula is C24H23N5O3. The lowest BCUT2D eigenvalue weighted by Gasteiger charge is -2.17. The number of fused-ring (bicyclic) bond motifs is 1. The summed E-state index contributed by atoms with van der Waals surface area (Å²) < 4.78 is 0. The molecule has 8 heteroatoms. The second-order valence-electron chi connectivity index (χ2n) is 7.59. The van der Waals surface area contributed by atoms with E-state index in [1.165, 1.54) is 0 Å². The zero-order chi connectivity index (χ0) is 22.5. The smallest absolute Gasteiger partial charge is 0.322 e. The number of carbonyl (C=O) groups excluding carboxylic acids is 3. The Kier molecular flexibility index (Phi) is 6.12. The molecule has 4 amide bonds. The number of nitrogens with one attached hydrogen (secondary N) is 2. The highest BCUT2D eigenvalue weighted by atomic mass is 16.2. The van der Waals surface area contributed by atoms with Crippen LogP contribution in [0.4, 0.5) is 10.5 Å². The third-order valence-corrected chi connectivity index (χ3v) is 5.30. The molecule has 1 aliphatic rings. The number of rotatable bonds is 6. The molecule has 0 saturated carbocycles. The van der Waals surface area contributed by atoms with Crippen molar-refractivity contribution in [1.82, 2.24) is 15.2 Å². The molecule has 0 saturated heterocycles. The van der Waals surface area contributed by atoms with Crippen molar-refractivity contribution >= 4 is 23.5 Å². The van der Waals surface area contributed by atoms with Gasteiger partial charge in [-0.05, 0) is 41.5 Å². The molecule has 1 atom stereocenters. The number of hydrogen-bond donors (Lipinski definition) is 3. The number of hydrogen-bond acceptors (Lipinski definition) is 4. The first-order valence-electron chi connectivity index (χ1n) is 10.2. The Morgan fingerprint density at radius 3 is 2.41 bits per heavy atom. The molecular weight excluding hydrogens is 406 g/mol. The number of nitrogens with two attached hydrogens (primary N) is 1. The highest BCUT2D eigenvalue weighted by Gasteiger charge is 2.24. The first-order chi connectivity index (χ1) is 15.5. The first-order valence-corrected chi connectivity index (χ1v) is 10.2. The van der Waals surface area contributed by atoms with E-state index in [1.54, 1.807) is 35.4 Å². The number of carbonyl (C=O) groups is 3. The van der Waals surface area contributed by atoms with Gasteiger partial charge < -0.3 is 21.3 Å². The molecule has 0 unspecified atom stereocenters. The summed E-state index contributed by atoms with van der Waals surface area (Å²) in [6, 6.07) is 18.6. The molecule has 32 heavy (non-hydrogen) atoms. The van der Waals surface area contributed by atoms with Crippen molar-refractivity contribution in [3.63, 3.8) is 0 Å². The van der Waals surface area contributed by atoms with Crippen LogP contribution in [0.1, 0.15) is 27.2 Å². The fourth-order valence-corrected chi connectivity index (χ4v) is 3.57. The lowest BCUT2D eigenvalue weighted by molar-refractivity contribution is -0.119. The van der Waals surface area contributed by atoms with Gasteiger partial charge in [0.25, 0.3) is 5.91 Å². The van der Waals surface area contributed by atoms with Crippen molar-refractivity contribution in [3.8, 4) is 0 Å². The van der Waals surface area contributed by atoms with E-state index in [9.17, 15) is 14.4 Å². The van der Waals surface area contributed by atoms with Gasteiger partial charge in [0.05, 0.1) is 12.2 Å². The second kappa shape index (κ2) is 9.30. The van der Waals surface area contributed by atoms with Gasteiger partial charge in [0.2, 0.25) is 5.91 Å². The Morgan fingerprint density at radius 1 is 0.969 bits per heavy atom.